The van der Waals surface area contributed by atoms with Crippen LogP contribution in [0.1, 0.15) is 24.2 Å². The molecule has 1 aliphatic rings. The summed E-state index contributed by atoms with van der Waals surface area (Å²) in [5, 5.41) is 8.97. The highest BCUT2D eigenvalue weighted by Gasteiger charge is 2.66. The van der Waals surface area contributed by atoms with E-state index in [1.165, 1.54) is 24.5 Å². The van der Waals surface area contributed by atoms with Gasteiger partial charge in [-0.1, -0.05) is 35.5 Å². The Morgan fingerprint density at radius 1 is 1.00 bits per heavy atom. The minimum absolute atomic E-state index is 0.0900. The molecule has 0 atom stereocenters. The molecule has 2 aromatic carbocycles. The standard InChI is InChI=1S/C25H19F4N5O2/c26-18-10-16(19-13-31-22(14-30-19)32-17-4-2-1-3-5-17)7-6-15(18)11-23(35)33-21-12-20(36-34-21)24(8-9-24)25(27,28)29/h1-7,10,12-14H,8-9,11H2,(H,31,32)(H,33,34,35). The maximum atomic E-state index is 14.7. The molecule has 2 heterocycles. The van der Waals surface area contributed by atoms with Crippen LogP contribution in [0.3, 0.4) is 0 Å². The number of alkyl halides is 3. The number of nitrogens with one attached hydrogen (secondary N) is 2. The molecule has 11 heteroatoms. The van der Waals surface area contributed by atoms with E-state index in [1.54, 1.807) is 6.07 Å². The number of para-hydroxylation sites is 1. The molecular weight excluding hydrogens is 478 g/mol. The zero-order valence-electron chi connectivity index (χ0n) is 18.6. The van der Waals surface area contributed by atoms with Crippen LogP contribution < -0.4 is 10.6 Å². The molecule has 1 aliphatic carbocycles. The van der Waals surface area contributed by atoms with Crippen molar-refractivity contribution in [1.82, 2.24) is 15.1 Å². The molecule has 1 saturated carbocycles. The average molecular weight is 497 g/mol. The topological polar surface area (TPSA) is 92.9 Å². The van der Waals surface area contributed by atoms with E-state index in [0.29, 0.717) is 17.1 Å². The van der Waals surface area contributed by atoms with Crippen LogP contribution >= 0.6 is 0 Å². The smallest absolute Gasteiger partial charge is 0.358 e. The number of benzene rings is 2. The predicted molar refractivity (Wildman–Crippen MR) is 123 cm³/mol. The van der Waals surface area contributed by atoms with Gasteiger partial charge in [-0.15, -0.1) is 0 Å². The number of halogens is 4. The molecule has 7 nitrogen and oxygen atoms in total. The largest absolute Gasteiger partial charge is 0.401 e. The molecule has 36 heavy (non-hydrogen) atoms. The van der Waals surface area contributed by atoms with E-state index < -0.39 is 23.3 Å². The van der Waals surface area contributed by atoms with Gasteiger partial charge in [0.15, 0.2) is 11.6 Å². The Morgan fingerprint density at radius 3 is 2.42 bits per heavy atom. The lowest BCUT2D eigenvalue weighted by molar-refractivity contribution is -0.165. The fourth-order valence-electron chi connectivity index (χ4n) is 3.78. The average Bonchev–Trinajstić information content (AvgIpc) is 3.55. The van der Waals surface area contributed by atoms with Crippen molar-refractivity contribution >= 4 is 23.2 Å². The van der Waals surface area contributed by atoms with Gasteiger partial charge in [-0.2, -0.15) is 13.2 Å². The summed E-state index contributed by atoms with van der Waals surface area (Å²) in [6.07, 6.45) is -1.95. The SMILES string of the molecule is O=C(Cc1ccc(-c2cnc(Nc3ccccc3)cn2)cc1F)Nc1cc(C2(C(F)(F)F)CC2)on1. The maximum Gasteiger partial charge on any atom is 0.401 e. The number of nitrogens with zero attached hydrogens (tertiary/aromatic N) is 3. The van der Waals surface area contributed by atoms with Crippen molar-refractivity contribution in [2.24, 2.45) is 0 Å². The Morgan fingerprint density at radius 2 is 1.78 bits per heavy atom. The molecule has 0 unspecified atom stereocenters. The second-order valence-electron chi connectivity index (χ2n) is 8.47. The zero-order chi connectivity index (χ0) is 25.3. The van der Waals surface area contributed by atoms with Gasteiger partial charge in [0.1, 0.15) is 17.1 Å². The third-order valence-corrected chi connectivity index (χ3v) is 5.94. The summed E-state index contributed by atoms with van der Waals surface area (Å²) in [6, 6.07) is 14.8. The first kappa shape index (κ1) is 23.5. The van der Waals surface area contributed by atoms with Crippen LogP contribution in [0, 0.1) is 5.82 Å². The Kier molecular flexibility index (Phi) is 5.91. The highest BCUT2D eigenvalue weighted by Crippen LogP contribution is 2.59. The number of hydrogen-bond acceptors (Lipinski definition) is 6. The molecule has 1 fully saturated rings. The van der Waals surface area contributed by atoms with Crippen molar-refractivity contribution in [1.29, 1.82) is 0 Å². The van der Waals surface area contributed by atoms with Gasteiger partial charge < -0.3 is 15.2 Å². The molecule has 0 aliphatic heterocycles. The van der Waals surface area contributed by atoms with Gasteiger partial charge in [0.05, 0.1) is 24.5 Å². The van der Waals surface area contributed by atoms with E-state index in [4.69, 9.17) is 4.52 Å². The fraction of sp³-hybridized carbons (Fsp3) is 0.200. The van der Waals surface area contributed by atoms with E-state index in [9.17, 15) is 22.4 Å². The van der Waals surface area contributed by atoms with E-state index in [0.717, 1.165) is 11.8 Å². The third-order valence-electron chi connectivity index (χ3n) is 5.94. The van der Waals surface area contributed by atoms with Crippen LogP contribution in [0.2, 0.25) is 0 Å². The minimum Gasteiger partial charge on any atom is -0.358 e. The van der Waals surface area contributed by atoms with Crippen molar-refractivity contribution < 1.29 is 26.9 Å². The van der Waals surface area contributed by atoms with Crippen LogP contribution in [0.5, 0.6) is 0 Å². The number of anilines is 3. The summed E-state index contributed by atoms with van der Waals surface area (Å²) in [5.74, 6) is -1.24. The van der Waals surface area contributed by atoms with Gasteiger partial charge in [-0.05, 0) is 36.6 Å². The zero-order valence-corrected chi connectivity index (χ0v) is 18.6. The lowest BCUT2D eigenvalue weighted by Crippen LogP contribution is -2.28. The number of hydrogen-bond donors (Lipinski definition) is 2. The second-order valence-corrected chi connectivity index (χ2v) is 8.47. The number of amides is 1. The second kappa shape index (κ2) is 9.06. The van der Waals surface area contributed by atoms with Gasteiger partial charge in [-0.25, -0.2) is 9.37 Å². The summed E-state index contributed by atoms with van der Waals surface area (Å²) in [6.45, 7) is 0. The first-order chi connectivity index (χ1) is 17.2. The minimum atomic E-state index is -4.46. The quantitative estimate of drug-likeness (QED) is 0.314. The first-order valence-electron chi connectivity index (χ1n) is 11.0. The van der Waals surface area contributed by atoms with Crippen molar-refractivity contribution in [3.05, 3.63) is 84.1 Å². The van der Waals surface area contributed by atoms with Gasteiger partial charge in [-0.3, -0.25) is 9.78 Å². The Balaban J connectivity index is 1.22. The predicted octanol–water partition coefficient (Wildman–Crippen LogP) is 5.79. The first-order valence-corrected chi connectivity index (χ1v) is 11.0. The molecule has 0 spiro atoms. The van der Waals surface area contributed by atoms with E-state index >= 15 is 0 Å². The molecule has 4 aromatic rings. The molecule has 1 amide bonds. The van der Waals surface area contributed by atoms with Gasteiger partial charge in [0, 0.05) is 17.3 Å². The van der Waals surface area contributed by atoms with Crippen molar-refractivity contribution in [2.75, 3.05) is 10.6 Å². The molecule has 0 radical (unpaired) electrons. The Bertz CT molecular complexity index is 1380. The van der Waals surface area contributed by atoms with Gasteiger partial charge >= 0.3 is 6.18 Å². The monoisotopic (exact) mass is 497 g/mol. The van der Waals surface area contributed by atoms with Crippen LogP contribution in [0.25, 0.3) is 11.3 Å². The number of carbonyl (C=O) groups is 1. The van der Waals surface area contributed by atoms with E-state index in [2.05, 4.69) is 25.8 Å². The molecule has 2 aromatic heterocycles. The van der Waals surface area contributed by atoms with Gasteiger partial charge in [0.2, 0.25) is 5.91 Å². The molecule has 0 saturated heterocycles. The molecule has 5 rings (SSSR count). The molecule has 184 valence electrons. The number of aromatic nitrogens is 3. The van der Waals surface area contributed by atoms with E-state index in [1.807, 2.05) is 30.3 Å². The lowest BCUT2D eigenvalue weighted by Gasteiger charge is -2.14. The van der Waals surface area contributed by atoms with E-state index in [-0.39, 0.29) is 36.4 Å². The highest BCUT2D eigenvalue weighted by molar-refractivity contribution is 5.91. The molecule has 2 N–H and O–H groups in total. The highest BCUT2D eigenvalue weighted by atomic mass is 19.4. The van der Waals surface area contributed by atoms with Crippen molar-refractivity contribution in [2.45, 2.75) is 30.9 Å². The van der Waals surface area contributed by atoms with Crippen LogP contribution in [-0.4, -0.2) is 27.2 Å². The van der Waals surface area contributed by atoms with Gasteiger partial charge in [0.25, 0.3) is 0 Å². The van der Waals surface area contributed by atoms with Crippen molar-refractivity contribution in [3.8, 4) is 11.3 Å². The fourth-order valence-corrected chi connectivity index (χ4v) is 3.78. The summed E-state index contributed by atoms with van der Waals surface area (Å²) in [5.41, 5.74) is -0.175. The summed E-state index contributed by atoms with van der Waals surface area (Å²) >= 11 is 0. The third kappa shape index (κ3) is 4.77. The summed E-state index contributed by atoms with van der Waals surface area (Å²) in [4.78, 5) is 20.9. The normalized spacial score (nSPS) is 14.3. The van der Waals surface area contributed by atoms with Crippen molar-refractivity contribution in [3.63, 3.8) is 0 Å². The maximum absolute atomic E-state index is 14.7. The number of rotatable bonds is 7. The van der Waals surface area contributed by atoms with Crippen LogP contribution in [0.4, 0.5) is 34.9 Å². The summed E-state index contributed by atoms with van der Waals surface area (Å²) in [7, 11) is 0. The molecule has 0 bridgehead atoms. The Labute approximate surface area is 202 Å². The summed E-state index contributed by atoms with van der Waals surface area (Å²) < 4.78 is 59.2. The Hall–Kier alpha value is -4.28. The lowest BCUT2D eigenvalue weighted by atomic mass is 10.0. The number of carbonyl (C=O) groups excluding carboxylic acids is 1. The molecular formula is C25H19F4N5O2. The van der Waals surface area contributed by atoms with Crippen LogP contribution in [-0.2, 0) is 16.6 Å². The van der Waals surface area contributed by atoms with Crippen LogP contribution in [0.15, 0.2) is 71.5 Å².